The van der Waals surface area contributed by atoms with Gasteiger partial charge in [-0.05, 0) is 53.6 Å². The molecule has 31 heavy (non-hydrogen) atoms. The lowest BCUT2D eigenvalue weighted by atomic mass is 10.1. The Kier molecular flexibility index (Phi) is 7.22. The molecule has 1 amide bonds. The number of carboxylic acids is 1. The molecule has 3 aromatic carbocycles. The van der Waals surface area contributed by atoms with Gasteiger partial charge in [0.2, 0.25) is 0 Å². The van der Waals surface area contributed by atoms with Crippen LogP contribution in [0.1, 0.15) is 21.5 Å². The van der Waals surface area contributed by atoms with Gasteiger partial charge in [0, 0.05) is 12.1 Å². The number of methoxy groups -OCH3 is 1. The highest BCUT2D eigenvalue weighted by atomic mass is 19.1. The first-order chi connectivity index (χ1) is 14.9. The fourth-order valence-corrected chi connectivity index (χ4v) is 3.00. The number of nitrogens with zero attached hydrogens (tertiary/aromatic N) is 1. The Bertz CT molecular complexity index is 1050. The number of aliphatic carboxylic acids is 1. The summed E-state index contributed by atoms with van der Waals surface area (Å²) in [7, 11) is 1.54. The van der Waals surface area contributed by atoms with Crippen LogP contribution in [0.4, 0.5) is 4.39 Å². The van der Waals surface area contributed by atoms with Crippen molar-refractivity contribution in [3.05, 3.63) is 95.3 Å². The lowest BCUT2D eigenvalue weighted by molar-refractivity contribution is -0.137. The number of rotatable bonds is 9. The maximum absolute atomic E-state index is 13.0. The van der Waals surface area contributed by atoms with E-state index in [1.807, 2.05) is 0 Å². The van der Waals surface area contributed by atoms with E-state index in [4.69, 9.17) is 9.47 Å². The predicted octanol–water partition coefficient (Wildman–Crippen LogP) is 4.14. The van der Waals surface area contributed by atoms with E-state index in [0.717, 1.165) is 11.1 Å². The monoisotopic (exact) mass is 423 g/mol. The van der Waals surface area contributed by atoms with Gasteiger partial charge in [-0.3, -0.25) is 9.59 Å². The van der Waals surface area contributed by atoms with Crippen LogP contribution in [0.15, 0.2) is 72.8 Å². The summed E-state index contributed by atoms with van der Waals surface area (Å²) in [6.45, 7) is -0.125. The molecular weight excluding hydrogens is 401 g/mol. The van der Waals surface area contributed by atoms with Gasteiger partial charge in [-0.1, -0.05) is 30.3 Å². The first-order valence-electron chi connectivity index (χ1n) is 9.56. The standard InChI is InChI=1S/C24H22FNO5/c1-30-21-6-2-4-18(12-21)14-26(15-23(27)28)24(29)19-5-3-7-22(13-19)31-16-17-8-10-20(25)11-9-17/h2-13H,14-16H2,1H3,(H,27,28). The second kappa shape index (κ2) is 10.2. The molecule has 3 rings (SSSR count). The topological polar surface area (TPSA) is 76.1 Å². The lowest BCUT2D eigenvalue weighted by Gasteiger charge is -2.21. The number of halogens is 1. The molecule has 0 heterocycles. The van der Waals surface area contributed by atoms with Crippen molar-refractivity contribution in [2.45, 2.75) is 13.2 Å². The fraction of sp³-hybridized carbons (Fsp3) is 0.167. The third kappa shape index (κ3) is 6.30. The molecule has 0 aromatic heterocycles. The van der Waals surface area contributed by atoms with Gasteiger partial charge in [-0.2, -0.15) is 0 Å². The zero-order valence-electron chi connectivity index (χ0n) is 17.0. The van der Waals surface area contributed by atoms with E-state index in [0.29, 0.717) is 17.1 Å². The molecule has 1 N–H and O–H groups in total. The van der Waals surface area contributed by atoms with E-state index in [9.17, 15) is 19.1 Å². The normalized spacial score (nSPS) is 10.4. The van der Waals surface area contributed by atoms with Crippen molar-refractivity contribution in [3.8, 4) is 11.5 Å². The van der Waals surface area contributed by atoms with Crippen molar-refractivity contribution in [3.63, 3.8) is 0 Å². The fourth-order valence-electron chi connectivity index (χ4n) is 3.00. The highest BCUT2D eigenvalue weighted by molar-refractivity contribution is 5.96. The van der Waals surface area contributed by atoms with Crippen LogP contribution < -0.4 is 9.47 Å². The Morgan fingerprint density at radius 3 is 2.35 bits per heavy atom. The van der Waals surface area contributed by atoms with Crippen molar-refractivity contribution in [1.82, 2.24) is 4.90 Å². The molecule has 0 saturated heterocycles. The van der Waals surface area contributed by atoms with E-state index >= 15 is 0 Å². The van der Waals surface area contributed by atoms with Gasteiger partial charge in [0.05, 0.1) is 7.11 Å². The molecule has 0 bridgehead atoms. The predicted molar refractivity (Wildman–Crippen MR) is 113 cm³/mol. The number of benzene rings is 3. The number of carboxylic acid groups (broad SMARTS) is 1. The summed E-state index contributed by atoms with van der Waals surface area (Å²) in [5.74, 6) is -0.799. The molecular formula is C24H22FNO5. The van der Waals surface area contributed by atoms with Crippen molar-refractivity contribution in [2.75, 3.05) is 13.7 Å². The van der Waals surface area contributed by atoms with Crippen molar-refractivity contribution in [2.24, 2.45) is 0 Å². The van der Waals surface area contributed by atoms with Crippen LogP contribution in [0.3, 0.4) is 0 Å². The Balaban J connectivity index is 1.74. The van der Waals surface area contributed by atoms with Crippen molar-refractivity contribution in [1.29, 1.82) is 0 Å². The van der Waals surface area contributed by atoms with Crippen molar-refractivity contribution < 1.29 is 28.6 Å². The minimum absolute atomic E-state index is 0.114. The molecule has 0 spiro atoms. The quantitative estimate of drug-likeness (QED) is 0.560. The first-order valence-corrected chi connectivity index (χ1v) is 9.56. The molecule has 3 aromatic rings. The number of hydrogen-bond acceptors (Lipinski definition) is 4. The first kappa shape index (κ1) is 21.8. The van der Waals surface area contributed by atoms with Gasteiger partial charge in [-0.15, -0.1) is 0 Å². The van der Waals surface area contributed by atoms with E-state index in [1.54, 1.807) is 60.7 Å². The number of ether oxygens (including phenoxy) is 2. The van der Waals surface area contributed by atoms with E-state index in [-0.39, 0.29) is 19.0 Å². The summed E-state index contributed by atoms with van der Waals surface area (Å²) < 4.78 is 23.9. The van der Waals surface area contributed by atoms with Gasteiger partial charge in [-0.25, -0.2) is 4.39 Å². The number of carbonyl (C=O) groups is 2. The average molecular weight is 423 g/mol. The van der Waals surface area contributed by atoms with Gasteiger partial charge < -0.3 is 19.5 Å². The Morgan fingerprint density at radius 2 is 1.65 bits per heavy atom. The number of carbonyl (C=O) groups excluding carboxylic acids is 1. The second-order valence-corrected chi connectivity index (χ2v) is 6.85. The molecule has 0 atom stereocenters. The molecule has 0 aliphatic carbocycles. The van der Waals surface area contributed by atoms with E-state index in [1.165, 1.54) is 24.1 Å². The average Bonchev–Trinajstić information content (AvgIpc) is 2.78. The zero-order valence-corrected chi connectivity index (χ0v) is 17.0. The summed E-state index contributed by atoms with van der Waals surface area (Å²) in [6.07, 6.45) is 0. The second-order valence-electron chi connectivity index (χ2n) is 6.85. The maximum Gasteiger partial charge on any atom is 0.323 e. The summed E-state index contributed by atoms with van der Waals surface area (Å²) >= 11 is 0. The highest BCUT2D eigenvalue weighted by Gasteiger charge is 2.20. The molecule has 0 saturated carbocycles. The van der Waals surface area contributed by atoms with Crippen molar-refractivity contribution >= 4 is 11.9 Å². The van der Waals surface area contributed by atoms with Crippen LogP contribution in [0.2, 0.25) is 0 Å². The summed E-state index contributed by atoms with van der Waals surface area (Å²) in [5.41, 5.74) is 1.84. The maximum atomic E-state index is 13.0. The molecule has 0 radical (unpaired) electrons. The minimum Gasteiger partial charge on any atom is -0.497 e. The van der Waals surface area contributed by atoms with Crippen LogP contribution in [-0.2, 0) is 17.9 Å². The van der Waals surface area contributed by atoms with Crippen LogP contribution in [0.5, 0.6) is 11.5 Å². The number of amides is 1. The van der Waals surface area contributed by atoms with Crippen LogP contribution >= 0.6 is 0 Å². The summed E-state index contributed by atoms with van der Waals surface area (Å²) in [5, 5.41) is 9.27. The molecule has 0 aliphatic rings. The summed E-state index contributed by atoms with van der Waals surface area (Å²) in [6, 6.07) is 19.6. The third-order valence-electron chi connectivity index (χ3n) is 4.52. The molecule has 6 nitrogen and oxygen atoms in total. The third-order valence-corrected chi connectivity index (χ3v) is 4.52. The Labute approximate surface area is 179 Å². The Hall–Kier alpha value is -3.87. The Morgan fingerprint density at radius 1 is 0.935 bits per heavy atom. The molecule has 0 fully saturated rings. The highest BCUT2D eigenvalue weighted by Crippen LogP contribution is 2.19. The van der Waals surface area contributed by atoms with E-state index in [2.05, 4.69) is 0 Å². The molecule has 160 valence electrons. The SMILES string of the molecule is COc1cccc(CN(CC(=O)O)C(=O)c2cccc(OCc3ccc(F)cc3)c2)c1. The largest absolute Gasteiger partial charge is 0.497 e. The summed E-state index contributed by atoms with van der Waals surface area (Å²) in [4.78, 5) is 25.6. The molecule has 0 aliphatic heterocycles. The number of hydrogen-bond donors (Lipinski definition) is 1. The lowest BCUT2D eigenvalue weighted by Crippen LogP contribution is -2.35. The van der Waals surface area contributed by atoms with Gasteiger partial charge in [0.15, 0.2) is 0 Å². The molecule has 0 unspecified atom stereocenters. The van der Waals surface area contributed by atoms with Gasteiger partial charge >= 0.3 is 5.97 Å². The minimum atomic E-state index is -1.11. The molecule has 7 heteroatoms. The van der Waals surface area contributed by atoms with Gasteiger partial charge in [0.25, 0.3) is 5.91 Å². The van der Waals surface area contributed by atoms with Crippen LogP contribution in [-0.4, -0.2) is 35.5 Å². The zero-order chi connectivity index (χ0) is 22.2. The van der Waals surface area contributed by atoms with E-state index < -0.39 is 18.4 Å². The van der Waals surface area contributed by atoms with Crippen LogP contribution in [0, 0.1) is 5.82 Å². The smallest absolute Gasteiger partial charge is 0.323 e. The van der Waals surface area contributed by atoms with Gasteiger partial charge in [0.1, 0.15) is 30.5 Å². The van der Waals surface area contributed by atoms with Crippen LogP contribution in [0.25, 0.3) is 0 Å².